The van der Waals surface area contributed by atoms with Gasteiger partial charge < -0.3 is 16.2 Å². The highest BCUT2D eigenvalue weighted by Gasteiger charge is 2.13. The number of carbonyl (C=O) groups excluding carboxylic acids is 1. The number of nitrogens with one attached hydrogen (secondary N) is 1. The van der Waals surface area contributed by atoms with E-state index in [9.17, 15) is 9.90 Å². The Bertz CT molecular complexity index is 537. The maximum atomic E-state index is 11.8. The summed E-state index contributed by atoms with van der Waals surface area (Å²) in [5.74, 6) is 0.0104. The van der Waals surface area contributed by atoms with Gasteiger partial charge in [-0.05, 0) is 30.2 Å². The smallest absolute Gasteiger partial charge is 0.237 e. The van der Waals surface area contributed by atoms with E-state index < -0.39 is 6.04 Å². The number of benzene rings is 1. The lowest BCUT2D eigenvalue weighted by Gasteiger charge is -2.12. The van der Waals surface area contributed by atoms with Crippen molar-refractivity contribution in [1.82, 2.24) is 15.1 Å². The highest BCUT2D eigenvalue weighted by molar-refractivity contribution is 5.81. The molecule has 106 valence electrons. The van der Waals surface area contributed by atoms with Gasteiger partial charge in [-0.2, -0.15) is 5.10 Å². The molecule has 4 N–H and O–H groups in total. The lowest BCUT2D eigenvalue weighted by atomic mass is 10.1. The van der Waals surface area contributed by atoms with E-state index in [1.165, 1.54) is 0 Å². The fourth-order valence-corrected chi connectivity index (χ4v) is 1.84. The van der Waals surface area contributed by atoms with Crippen molar-refractivity contribution in [2.75, 3.05) is 6.54 Å². The van der Waals surface area contributed by atoms with Gasteiger partial charge in [-0.15, -0.1) is 0 Å². The van der Waals surface area contributed by atoms with Gasteiger partial charge in [-0.25, -0.2) is 0 Å². The monoisotopic (exact) mass is 274 g/mol. The van der Waals surface area contributed by atoms with Gasteiger partial charge in [0.15, 0.2) is 0 Å². The summed E-state index contributed by atoms with van der Waals surface area (Å²) in [7, 11) is 0. The van der Waals surface area contributed by atoms with Crippen LogP contribution in [0.15, 0.2) is 42.7 Å². The van der Waals surface area contributed by atoms with E-state index in [4.69, 9.17) is 5.73 Å². The predicted molar refractivity (Wildman–Crippen MR) is 75.0 cm³/mol. The minimum absolute atomic E-state index is 0.190. The minimum atomic E-state index is -0.600. The molecule has 6 nitrogen and oxygen atoms in total. The zero-order valence-corrected chi connectivity index (χ0v) is 11.1. The molecule has 0 saturated carbocycles. The largest absolute Gasteiger partial charge is 0.508 e. The van der Waals surface area contributed by atoms with Crippen LogP contribution >= 0.6 is 0 Å². The van der Waals surface area contributed by atoms with Crippen LogP contribution in [0.1, 0.15) is 5.56 Å². The Kier molecular flexibility index (Phi) is 4.73. The first-order valence-electron chi connectivity index (χ1n) is 6.44. The van der Waals surface area contributed by atoms with Crippen molar-refractivity contribution in [1.29, 1.82) is 0 Å². The summed E-state index contributed by atoms with van der Waals surface area (Å²) >= 11 is 0. The van der Waals surface area contributed by atoms with Crippen molar-refractivity contribution in [3.63, 3.8) is 0 Å². The van der Waals surface area contributed by atoms with Gasteiger partial charge >= 0.3 is 0 Å². The van der Waals surface area contributed by atoms with E-state index in [0.29, 0.717) is 19.5 Å². The molecule has 0 spiro atoms. The molecule has 0 fully saturated rings. The molecule has 6 heteroatoms. The summed E-state index contributed by atoms with van der Waals surface area (Å²) in [6.45, 7) is 1.11. The van der Waals surface area contributed by atoms with E-state index in [0.717, 1.165) is 5.56 Å². The Hall–Kier alpha value is -2.34. The lowest BCUT2D eigenvalue weighted by Crippen LogP contribution is -2.43. The molecule has 0 aliphatic carbocycles. The Balaban J connectivity index is 1.75. The maximum Gasteiger partial charge on any atom is 0.237 e. The standard InChI is InChI=1S/C14H18N4O2/c15-13(10-11-2-4-12(19)5-3-11)14(20)16-7-9-18-8-1-6-17-18/h1-6,8,13,19H,7,9-10,15H2,(H,16,20)/t13-/m1/s1. The van der Waals surface area contributed by atoms with Crippen LogP contribution < -0.4 is 11.1 Å². The molecule has 1 aromatic carbocycles. The molecule has 1 amide bonds. The van der Waals surface area contributed by atoms with E-state index in [-0.39, 0.29) is 11.7 Å². The third kappa shape index (κ3) is 4.10. The summed E-state index contributed by atoms with van der Waals surface area (Å²) in [4.78, 5) is 11.8. The minimum Gasteiger partial charge on any atom is -0.508 e. The van der Waals surface area contributed by atoms with Crippen molar-refractivity contribution < 1.29 is 9.90 Å². The van der Waals surface area contributed by atoms with Gasteiger partial charge in [-0.1, -0.05) is 12.1 Å². The Labute approximate surface area is 117 Å². The molecule has 0 aliphatic rings. The van der Waals surface area contributed by atoms with E-state index in [1.807, 2.05) is 12.3 Å². The number of phenolic OH excluding ortho intramolecular Hbond substituents is 1. The molecule has 0 aliphatic heterocycles. The number of amides is 1. The molecular weight excluding hydrogens is 256 g/mol. The van der Waals surface area contributed by atoms with Gasteiger partial charge in [0.05, 0.1) is 12.6 Å². The number of phenols is 1. The van der Waals surface area contributed by atoms with Crippen LogP contribution in [0.3, 0.4) is 0 Å². The molecule has 0 saturated heterocycles. The number of carbonyl (C=O) groups is 1. The molecule has 0 radical (unpaired) electrons. The molecule has 20 heavy (non-hydrogen) atoms. The average Bonchev–Trinajstić information content (AvgIpc) is 2.94. The van der Waals surface area contributed by atoms with E-state index in [2.05, 4.69) is 10.4 Å². The molecule has 1 aromatic heterocycles. The zero-order chi connectivity index (χ0) is 14.4. The van der Waals surface area contributed by atoms with Crippen LogP contribution in [0, 0.1) is 0 Å². The zero-order valence-electron chi connectivity index (χ0n) is 11.1. The fraction of sp³-hybridized carbons (Fsp3) is 0.286. The average molecular weight is 274 g/mol. The third-order valence-corrected chi connectivity index (χ3v) is 2.93. The molecule has 2 aromatic rings. The van der Waals surface area contributed by atoms with Crippen LogP contribution in [0.2, 0.25) is 0 Å². The van der Waals surface area contributed by atoms with E-state index >= 15 is 0 Å². The Morgan fingerprint density at radius 3 is 2.80 bits per heavy atom. The fourth-order valence-electron chi connectivity index (χ4n) is 1.84. The van der Waals surface area contributed by atoms with Crippen LogP contribution in [-0.4, -0.2) is 33.4 Å². The van der Waals surface area contributed by atoms with Crippen molar-refractivity contribution in [2.24, 2.45) is 5.73 Å². The molecule has 1 heterocycles. The predicted octanol–water partition coefficient (Wildman–Crippen LogP) is 0.275. The first-order chi connectivity index (χ1) is 9.65. The van der Waals surface area contributed by atoms with Crippen LogP contribution in [-0.2, 0) is 17.8 Å². The quantitative estimate of drug-likeness (QED) is 0.705. The summed E-state index contributed by atoms with van der Waals surface area (Å²) in [6.07, 6.45) is 3.97. The van der Waals surface area contributed by atoms with Crippen molar-refractivity contribution in [3.05, 3.63) is 48.3 Å². The number of aromatic hydroxyl groups is 1. The summed E-state index contributed by atoms with van der Waals surface area (Å²) in [6, 6.07) is 7.91. The third-order valence-electron chi connectivity index (χ3n) is 2.93. The Morgan fingerprint density at radius 2 is 2.15 bits per heavy atom. The SMILES string of the molecule is N[C@H](Cc1ccc(O)cc1)C(=O)NCCn1cccn1. The lowest BCUT2D eigenvalue weighted by molar-refractivity contribution is -0.122. The van der Waals surface area contributed by atoms with Gasteiger partial charge in [-0.3, -0.25) is 9.48 Å². The second-order valence-corrected chi connectivity index (χ2v) is 4.54. The van der Waals surface area contributed by atoms with Gasteiger partial charge in [0.1, 0.15) is 5.75 Å². The number of hydrogen-bond acceptors (Lipinski definition) is 4. The van der Waals surface area contributed by atoms with Crippen LogP contribution in [0.5, 0.6) is 5.75 Å². The van der Waals surface area contributed by atoms with Gasteiger partial charge in [0.2, 0.25) is 5.91 Å². The van der Waals surface area contributed by atoms with Crippen LogP contribution in [0.25, 0.3) is 0 Å². The molecule has 1 atom stereocenters. The normalized spacial score (nSPS) is 12.1. The van der Waals surface area contributed by atoms with Crippen molar-refractivity contribution in [3.8, 4) is 5.75 Å². The first kappa shape index (κ1) is 14.1. The summed E-state index contributed by atoms with van der Waals surface area (Å²) in [5.41, 5.74) is 6.76. The summed E-state index contributed by atoms with van der Waals surface area (Å²) < 4.78 is 1.74. The maximum absolute atomic E-state index is 11.8. The summed E-state index contributed by atoms with van der Waals surface area (Å²) in [5, 5.41) is 16.0. The van der Waals surface area contributed by atoms with Crippen LogP contribution in [0.4, 0.5) is 0 Å². The van der Waals surface area contributed by atoms with Crippen molar-refractivity contribution >= 4 is 5.91 Å². The topological polar surface area (TPSA) is 93.2 Å². The number of rotatable bonds is 6. The molecule has 2 rings (SSSR count). The van der Waals surface area contributed by atoms with Gasteiger partial charge in [0.25, 0.3) is 0 Å². The number of hydrogen-bond donors (Lipinski definition) is 3. The highest BCUT2D eigenvalue weighted by atomic mass is 16.3. The molecule has 0 bridgehead atoms. The second-order valence-electron chi connectivity index (χ2n) is 4.54. The van der Waals surface area contributed by atoms with Crippen molar-refractivity contribution in [2.45, 2.75) is 19.0 Å². The molecular formula is C14H18N4O2. The number of nitrogens with two attached hydrogens (primary N) is 1. The highest BCUT2D eigenvalue weighted by Crippen LogP contribution is 2.10. The molecule has 0 unspecified atom stereocenters. The number of nitrogens with zero attached hydrogens (tertiary/aromatic N) is 2. The second kappa shape index (κ2) is 6.72. The van der Waals surface area contributed by atoms with Gasteiger partial charge in [0, 0.05) is 18.9 Å². The number of aromatic nitrogens is 2. The first-order valence-corrected chi connectivity index (χ1v) is 6.44. The Morgan fingerprint density at radius 1 is 1.40 bits per heavy atom. The van der Waals surface area contributed by atoms with E-state index in [1.54, 1.807) is 35.1 Å².